The van der Waals surface area contributed by atoms with Gasteiger partial charge in [0.25, 0.3) is 11.8 Å². The number of benzene rings is 2. The first-order chi connectivity index (χ1) is 10.9. The van der Waals surface area contributed by atoms with Crippen LogP contribution in [0.25, 0.3) is 0 Å². The summed E-state index contributed by atoms with van der Waals surface area (Å²) < 4.78 is 28.7. The molecule has 3 rings (SSSR count). The lowest BCUT2D eigenvalue weighted by molar-refractivity contribution is -0.0325. The van der Waals surface area contributed by atoms with Crippen LogP contribution in [0.2, 0.25) is 0 Å². The van der Waals surface area contributed by atoms with Crippen LogP contribution < -0.4 is 5.46 Å². The molecular weight excluding hydrogens is 303 g/mol. The van der Waals surface area contributed by atoms with Gasteiger partial charge in [-0.3, -0.25) is 4.79 Å². The van der Waals surface area contributed by atoms with Crippen molar-refractivity contribution >= 4 is 18.5 Å². The Morgan fingerprint density at radius 3 is 2.43 bits per heavy atom. The van der Waals surface area contributed by atoms with Gasteiger partial charge >= 0.3 is 7.12 Å². The van der Waals surface area contributed by atoms with Crippen LogP contribution in [0.1, 0.15) is 21.5 Å². The fourth-order valence-electron chi connectivity index (χ4n) is 2.80. The van der Waals surface area contributed by atoms with Crippen molar-refractivity contribution in [2.24, 2.45) is 0 Å². The third kappa shape index (κ3) is 2.85. The Morgan fingerprint density at radius 2 is 1.78 bits per heavy atom. The Morgan fingerprint density at radius 1 is 1.09 bits per heavy atom. The van der Waals surface area contributed by atoms with Gasteiger partial charge in [0.05, 0.1) is 6.54 Å². The number of hydrogen-bond donors (Lipinski definition) is 2. The van der Waals surface area contributed by atoms with Gasteiger partial charge in [0.1, 0.15) is 0 Å². The Labute approximate surface area is 132 Å². The van der Waals surface area contributed by atoms with Gasteiger partial charge in [-0.15, -0.1) is 0 Å². The molecule has 0 unspecified atom stereocenters. The molecule has 1 aliphatic rings. The number of fused-ring (bicyclic) bond motifs is 1. The largest absolute Gasteiger partial charge is 0.488 e. The molecule has 1 heterocycles. The van der Waals surface area contributed by atoms with E-state index in [2.05, 4.69) is 0 Å². The number of alkyl halides is 2. The summed E-state index contributed by atoms with van der Waals surface area (Å²) in [5.74, 6) is -3.71. The molecule has 0 saturated carbocycles. The van der Waals surface area contributed by atoms with Crippen molar-refractivity contribution in [3.8, 4) is 0 Å². The molecule has 0 fully saturated rings. The fourth-order valence-corrected chi connectivity index (χ4v) is 2.80. The minimum Gasteiger partial charge on any atom is -0.423 e. The number of nitrogens with zero attached hydrogens (tertiary/aromatic N) is 1. The highest BCUT2D eigenvalue weighted by atomic mass is 19.3. The molecule has 2 aromatic rings. The third-order valence-corrected chi connectivity index (χ3v) is 3.94. The van der Waals surface area contributed by atoms with Crippen LogP contribution in [0.3, 0.4) is 0 Å². The number of carbonyl (C=O) groups excluding carboxylic acids is 1. The molecule has 0 atom stereocenters. The summed E-state index contributed by atoms with van der Waals surface area (Å²) in [6, 6.07) is 11.8. The van der Waals surface area contributed by atoms with E-state index < -0.39 is 25.5 Å². The van der Waals surface area contributed by atoms with E-state index in [0.29, 0.717) is 5.56 Å². The standard InChI is InChI=1S/C16H14BF2NO3/c18-16(19,11-5-2-1-3-6-11)10-20-9-13-12(15(20)21)7-4-8-14(13)17(22)23/h1-8,22-23H,9-10H2. The van der Waals surface area contributed by atoms with E-state index in [1.54, 1.807) is 6.07 Å². The van der Waals surface area contributed by atoms with E-state index in [9.17, 15) is 23.6 Å². The van der Waals surface area contributed by atoms with Gasteiger partial charge in [-0.25, -0.2) is 0 Å². The highest BCUT2D eigenvalue weighted by molar-refractivity contribution is 6.59. The topological polar surface area (TPSA) is 60.8 Å². The lowest BCUT2D eigenvalue weighted by Gasteiger charge is -2.23. The first kappa shape index (κ1) is 15.6. The first-order valence-corrected chi connectivity index (χ1v) is 7.11. The second-order valence-electron chi connectivity index (χ2n) is 5.48. The third-order valence-electron chi connectivity index (χ3n) is 3.94. The molecule has 0 saturated heterocycles. The Balaban J connectivity index is 1.87. The quantitative estimate of drug-likeness (QED) is 0.831. The Hall–Kier alpha value is -2.25. The minimum absolute atomic E-state index is 0.0651. The number of carbonyl (C=O) groups is 1. The maximum absolute atomic E-state index is 14.4. The fraction of sp³-hybridized carbons (Fsp3) is 0.188. The van der Waals surface area contributed by atoms with Crippen LogP contribution >= 0.6 is 0 Å². The zero-order chi connectivity index (χ0) is 16.6. The van der Waals surface area contributed by atoms with Crippen molar-refractivity contribution < 1.29 is 23.6 Å². The lowest BCUT2D eigenvalue weighted by Crippen LogP contribution is -2.36. The van der Waals surface area contributed by atoms with Gasteiger partial charge in [0.2, 0.25) is 0 Å². The van der Waals surface area contributed by atoms with Gasteiger partial charge in [0, 0.05) is 17.7 Å². The van der Waals surface area contributed by atoms with Crippen molar-refractivity contribution in [2.45, 2.75) is 12.5 Å². The van der Waals surface area contributed by atoms with Crippen LogP contribution in [0.15, 0.2) is 48.5 Å². The zero-order valence-corrected chi connectivity index (χ0v) is 12.1. The van der Waals surface area contributed by atoms with Crippen molar-refractivity contribution in [1.29, 1.82) is 0 Å². The lowest BCUT2D eigenvalue weighted by atomic mass is 9.76. The molecule has 23 heavy (non-hydrogen) atoms. The highest BCUT2D eigenvalue weighted by Gasteiger charge is 2.40. The predicted molar refractivity (Wildman–Crippen MR) is 81.3 cm³/mol. The molecular formula is C16H14BF2NO3. The summed E-state index contributed by atoms with van der Waals surface area (Å²) in [5, 5.41) is 18.7. The van der Waals surface area contributed by atoms with Gasteiger partial charge < -0.3 is 14.9 Å². The van der Waals surface area contributed by atoms with Gasteiger partial charge in [-0.1, -0.05) is 42.5 Å². The normalized spacial score (nSPS) is 14.1. The smallest absolute Gasteiger partial charge is 0.423 e. The van der Waals surface area contributed by atoms with Gasteiger partial charge in [-0.2, -0.15) is 8.78 Å². The zero-order valence-electron chi connectivity index (χ0n) is 12.1. The predicted octanol–water partition coefficient (Wildman–Crippen LogP) is 1.11. The number of amides is 1. The SMILES string of the molecule is O=C1c2cccc(B(O)O)c2CN1CC(F)(F)c1ccccc1. The molecule has 0 aromatic heterocycles. The maximum atomic E-state index is 14.4. The van der Waals surface area contributed by atoms with Crippen molar-refractivity contribution in [1.82, 2.24) is 4.90 Å². The number of halogens is 2. The van der Waals surface area contributed by atoms with E-state index >= 15 is 0 Å². The molecule has 4 nitrogen and oxygen atoms in total. The highest BCUT2D eigenvalue weighted by Crippen LogP contribution is 2.32. The van der Waals surface area contributed by atoms with Crippen molar-refractivity contribution in [3.05, 3.63) is 65.2 Å². The molecule has 1 aliphatic heterocycles. The summed E-state index contributed by atoms with van der Waals surface area (Å²) in [7, 11) is -1.74. The van der Waals surface area contributed by atoms with E-state index in [-0.39, 0.29) is 23.1 Å². The minimum atomic E-state index is -3.18. The molecule has 0 aliphatic carbocycles. The summed E-state index contributed by atoms with van der Waals surface area (Å²) in [6.07, 6.45) is 0. The van der Waals surface area contributed by atoms with E-state index in [1.165, 1.54) is 42.5 Å². The monoisotopic (exact) mass is 317 g/mol. The summed E-state index contributed by atoms with van der Waals surface area (Å²) >= 11 is 0. The summed E-state index contributed by atoms with van der Waals surface area (Å²) in [5.41, 5.74) is 0.628. The van der Waals surface area contributed by atoms with Gasteiger partial charge in [-0.05, 0) is 17.1 Å². The molecule has 0 radical (unpaired) electrons. The van der Waals surface area contributed by atoms with Crippen LogP contribution in [0.5, 0.6) is 0 Å². The average molecular weight is 317 g/mol. The maximum Gasteiger partial charge on any atom is 0.488 e. The van der Waals surface area contributed by atoms with Crippen LogP contribution in [0, 0.1) is 0 Å². The van der Waals surface area contributed by atoms with E-state index in [0.717, 1.165) is 4.90 Å². The number of hydrogen-bond acceptors (Lipinski definition) is 3. The summed E-state index contributed by atoms with van der Waals surface area (Å²) in [4.78, 5) is 13.3. The second kappa shape index (κ2) is 5.75. The molecule has 1 amide bonds. The average Bonchev–Trinajstić information content (AvgIpc) is 2.84. The van der Waals surface area contributed by atoms with E-state index in [4.69, 9.17) is 0 Å². The van der Waals surface area contributed by atoms with Gasteiger partial charge in [0.15, 0.2) is 0 Å². The van der Waals surface area contributed by atoms with Crippen LogP contribution in [0.4, 0.5) is 8.78 Å². The Bertz CT molecular complexity index is 737. The molecule has 2 N–H and O–H groups in total. The second-order valence-corrected chi connectivity index (χ2v) is 5.48. The Kier molecular flexibility index (Phi) is 3.91. The van der Waals surface area contributed by atoms with Crippen LogP contribution in [-0.2, 0) is 12.5 Å². The van der Waals surface area contributed by atoms with Crippen molar-refractivity contribution in [3.63, 3.8) is 0 Å². The van der Waals surface area contributed by atoms with Crippen LogP contribution in [-0.4, -0.2) is 34.5 Å². The molecule has 118 valence electrons. The molecule has 0 spiro atoms. The molecule has 7 heteroatoms. The molecule has 0 bridgehead atoms. The molecule has 2 aromatic carbocycles. The summed E-state index contributed by atoms with van der Waals surface area (Å²) in [6.45, 7) is -0.824. The van der Waals surface area contributed by atoms with E-state index in [1.807, 2.05) is 0 Å². The number of rotatable bonds is 4. The van der Waals surface area contributed by atoms with Crippen molar-refractivity contribution in [2.75, 3.05) is 6.54 Å². The first-order valence-electron chi connectivity index (χ1n) is 7.11.